The van der Waals surface area contributed by atoms with E-state index in [4.69, 9.17) is 17.3 Å². The van der Waals surface area contributed by atoms with E-state index in [0.29, 0.717) is 12.1 Å². The Labute approximate surface area is 192 Å². The first kappa shape index (κ1) is 24.7. The molecule has 1 aromatic heterocycles. The molecule has 0 radical (unpaired) electrons. The van der Waals surface area contributed by atoms with Gasteiger partial charge in [0.15, 0.2) is 0 Å². The quantitative estimate of drug-likeness (QED) is 0.330. The number of hydrogen-bond acceptors (Lipinski definition) is 5. The molecule has 1 aliphatic heterocycles. The summed E-state index contributed by atoms with van der Waals surface area (Å²) in [5.41, 5.74) is -3.42. The van der Waals surface area contributed by atoms with Gasteiger partial charge in [-0.05, 0) is 36.4 Å². The molecule has 5 nitrogen and oxygen atoms in total. The molecule has 1 amide bonds. The summed E-state index contributed by atoms with van der Waals surface area (Å²) in [6, 6.07) is 5.17. The molecule has 3 rings (SSSR count). The number of pyridine rings is 1. The number of aliphatic carboxylic acids is 1. The summed E-state index contributed by atoms with van der Waals surface area (Å²) in [4.78, 5) is 28.5. The van der Waals surface area contributed by atoms with Crippen LogP contribution in [-0.4, -0.2) is 37.7 Å². The number of alkyl halides is 6. The number of thioether (sulfide) groups is 1. The summed E-state index contributed by atoms with van der Waals surface area (Å²) in [6.07, 6.45) is -9.05. The van der Waals surface area contributed by atoms with E-state index in [2.05, 4.69) is 4.98 Å². The van der Waals surface area contributed by atoms with Gasteiger partial charge in [0.1, 0.15) is 4.32 Å². The molecule has 33 heavy (non-hydrogen) atoms. The maximum absolute atomic E-state index is 13.1. The lowest BCUT2D eigenvalue weighted by Gasteiger charge is -2.14. The van der Waals surface area contributed by atoms with Crippen LogP contribution in [0.15, 0.2) is 41.3 Å². The highest BCUT2D eigenvalue weighted by Crippen LogP contribution is 2.38. The van der Waals surface area contributed by atoms with Crippen molar-refractivity contribution in [2.75, 3.05) is 6.54 Å². The Kier molecular flexibility index (Phi) is 6.84. The lowest BCUT2D eigenvalue weighted by molar-refractivity contribution is -0.143. The number of carboxylic acid groups (broad SMARTS) is 1. The molecule has 1 N–H and O–H groups in total. The molecule has 1 aromatic carbocycles. The Balaban J connectivity index is 1.97. The number of carboxylic acids is 1. The Hall–Kier alpha value is -2.93. The van der Waals surface area contributed by atoms with Crippen LogP contribution >= 0.6 is 24.0 Å². The van der Waals surface area contributed by atoms with Crippen molar-refractivity contribution in [2.24, 2.45) is 0 Å². The van der Waals surface area contributed by atoms with Gasteiger partial charge in [-0.3, -0.25) is 14.5 Å². The SMILES string of the molecule is O=C(O)CCN1C(=O)C(=Cc2cccc(-c3cc(C(F)(F)F)cc(C(F)(F)F)c3)n2)SC1=S. The molecule has 1 fully saturated rings. The standard InChI is InChI=1S/C20H12F6N2O3S2/c21-19(22,23)11-6-10(7-12(8-11)20(24,25)26)14-3-1-2-13(27-14)9-15-17(31)28(18(32)33-15)5-4-16(29)30/h1-3,6-9H,4-5H2,(H,29,30). The van der Waals surface area contributed by atoms with E-state index in [-0.39, 0.29) is 39.6 Å². The van der Waals surface area contributed by atoms with E-state index in [1.807, 2.05) is 0 Å². The van der Waals surface area contributed by atoms with E-state index in [0.717, 1.165) is 16.7 Å². The van der Waals surface area contributed by atoms with Gasteiger partial charge in [-0.1, -0.05) is 30.0 Å². The first-order valence-electron chi connectivity index (χ1n) is 9.00. The molecular formula is C20H12F6N2O3S2. The van der Waals surface area contributed by atoms with Gasteiger partial charge in [0.25, 0.3) is 5.91 Å². The molecule has 1 saturated heterocycles. The maximum atomic E-state index is 13.1. The second kappa shape index (κ2) is 9.14. The fourth-order valence-electron chi connectivity index (χ4n) is 2.83. The fraction of sp³-hybridized carbons (Fsp3) is 0.200. The minimum absolute atomic E-state index is 0.0236. The highest BCUT2D eigenvalue weighted by atomic mass is 32.2. The molecule has 0 saturated carbocycles. The van der Waals surface area contributed by atoms with E-state index in [1.54, 1.807) is 0 Å². The van der Waals surface area contributed by atoms with Gasteiger partial charge < -0.3 is 5.11 Å². The van der Waals surface area contributed by atoms with E-state index >= 15 is 0 Å². The lowest BCUT2D eigenvalue weighted by Crippen LogP contribution is -2.30. The molecule has 174 valence electrons. The third-order valence-electron chi connectivity index (χ3n) is 4.36. The predicted molar refractivity (Wildman–Crippen MR) is 112 cm³/mol. The summed E-state index contributed by atoms with van der Waals surface area (Å²) in [5, 5.41) is 8.77. The zero-order chi connectivity index (χ0) is 24.6. The van der Waals surface area contributed by atoms with Crippen molar-refractivity contribution in [3.05, 3.63) is 58.1 Å². The number of amides is 1. The molecule has 0 aliphatic carbocycles. The second-order valence-electron chi connectivity index (χ2n) is 6.72. The van der Waals surface area contributed by atoms with Gasteiger partial charge in [0, 0.05) is 12.1 Å². The van der Waals surface area contributed by atoms with Crippen molar-refractivity contribution in [1.82, 2.24) is 9.88 Å². The van der Waals surface area contributed by atoms with E-state index in [1.165, 1.54) is 24.3 Å². The third kappa shape index (κ3) is 5.90. The van der Waals surface area contributed by atoms with Gasteiger partial charge in [0.2, 0.25) is 0 Å². The summed E-state index contributed by atoms with van der Waals surface area (Å²) in [6.45, 7) is -0.144. The number of thiocarbonyl (C=S) groups is 1. The monoisotopic (exact) mass is 506 g/mol. The van der Waals surface area contributed by atoms with Crippen LogP contribution in [0.5, 0.6) is 0 Å². The van der Waals surface area contributed by atoms with Crippen LogP contribution in [0.4, 0.5) is 26.3 Å². The van der Waals surface area contributed by atoms with Crippen molar-refractivity contribution in [3.8, 4) is 11.3 Å². The van der Waals surface area contributed by atoms with Crippen molar-refractivity contribution in [1.29, 1.82) is 0 Å². The maximum Gasteiger partial charge on any atom is 0.416 e. The van der Waals surface area contributed by atoms with Gasteiger partial charge in [-0.25, -0.2) is 4.98 Å². The molecule has 1 aliphatic rings. The second-order valence-corrected chi connectivity index (χ2v) is 8.40. The Morgan fingerprint density at radius 2 is 1.70 bits per heavy atom. The number of halogens is 6. The van der Waals surface area contributed by atoms with E-state index < -0.39 is 40.9 Å². The zero-order valence-corrected chi connectivity index (χ0v) is 17.8. The summed E-state index contributed by atoms with van der Waals surface area (Å²) in [7, 11) is 0. The highest BCUT2D eigenvalue weighted by Gasteiger charge is 2.37. The van der Waals surface area contributed by atoms with Gasteiger partial charge >= 0.3 is 18.3 Å². The zero-order valence-electron chi connectivity index (χ0n) is 16.2. The van der Waals surface area contributed by atoms with Crippen LogP contribution < -0.4 is 0 Å². The van der Waals surface area contributed by atoms with Crippen LogP contribution in [0, 0.1) is 0 Å². The van der Waals surface area contributed by atoms with E-state index in [9.17, 15) is 35.9 Å². The van der Waals surface area contributed by atoms with Crippen LogP contribution in [0.1, 0.15) is 23.2 Å². The number of hydrogen-bond donors (Lipinski definition) is 1. The summed E-state index contributed by atoms with van der Waals surface area (Å²) >= 11 is 5.94. The number of benzene rings is 1. The Morgan fingerprint density at radius 3 is 2.24 bits per heavy atom. The normalized spacial score (nSPS) is 16.1. The number of carbonyl (C=O) groups is 2. The molecule has 0 bridgehead atoms. The molecular weight excluding hydrogens is 494 g/mol. The predicted octanol–water partition coefficient (Wildman–Crippen LogP) is 5.46. The third-order valence-corrected chi connectivity index (χ3v) is 5.73. The minimum atomic E-state index is -5.00. The van der Waals surface area contributed by atoms with Crippen LogP contribution in [0.25, 0.3) is 17.3 Å². The van der Waals surface area contributed by atoms with Crippen molar-refractivity contribution in [2.45, 2.75) is 18.8 Å². The number of nitrogens with zero attached hydrogens (tertiary/aromatic N) is 2. The average molecular weight is 506 g/mol. The smallest absolute Gasteiger partial charge is 0.416 e. The topological polar surface area (TPSA) is 70.5 Å². The van der Waals surface area contributed by atoms with Crippen molar-refractivity contribution >= 4 is 46.3 Å². The molecule has 13 heteroatoms. The van der Waals surface area contributed by atoms with Gasteiger partial charge in [-0.2, -0.15) is 26.3 Å². The largest absolute Gasteiger partial charge is 0.481 e. The number of aromatic nitrogens is 1. The lowest BCUT2D eigenvalue weighted by atomic mass is 10.0. The van der Waals surface area contributed by atoms with Crippen LogP contribution in [0.3, 0.4) is 0 Å². The van der Waals surface area contributed by atoms with Crippen molar-refractivity contribution < 1.29 is 41.0 Å². The molecule has 0 spiro atoms. The van der Waals surface area contributed by atoms with Gasteiger partial charge in [0.05, 0.1) is 33.8 Å². The van der Waals surface area contributed by atoms with Crippen molar-refractivity contribution in [3.63, 3.8) is 0 Å². The summed E-state index contributed by atoms with van der Waals surface area (Å²) in [5.74, 6) is -1.70. The number of rotatable bonds is 5. The molecule has 2 aromatic rings. The molecule has 2 heterocycles. The Bertz CT molecular complexity index is 1130. The minimum Gasteiger partial charge on any atom is -0.481 e. The number of carbonyl (C=O) groups excluding carboxylic acids is 1. The highest BCUT2D eigenvalue weighted by molar-refractivity contribution is 8.26. The Morgan fingerprint density at radius 1 is 1.09 bits per heavy atom. The molecule has 0 unspecified atom stereocenters. The first-order chi connectivity index (χ1) is 15.3. The average Bonchev–Trinajstić information content (AvgIpc) is 2.97. The van der Waals surface area contributed by atoms with Gasteiger partial charge in [-0.15, -0.1) is 0 Å². The molecule has 0 atom stereocenters. The summed E-state index contributed by atoms with van der Waals surface area (Å²) < 4.78 is 79.0. The van der Waals surface area contributed by atoms with Crippen LogP contribution in [0.2, 0.25) is 0 Å². The first-order valence-corrected chi connectivity index (χ1v) is 10.2. The van der Waals surface area contributed by atoms with Crippen LogP contribution in [-0.2, 0) is 21.9 Å². The fourth-order valence-corrected chi connectivity index (χ4v) is 4.12.